The molecule has 1 N–H and O–H groups in total. The molecule has 10 heteroatoms. The second-order valence-corrected chi connectivity index (χ2v) is 8.33. The number of imidazole rings is 1. The molecule has 1 fully saturated rings. The fourth-order valence-corrected chi connectivity index (χ4v) is 4.33. The van der Waals surface area contributed by atoms with Gasteiger partial charge in [-0.1, -0.05) is 29.3 Å². The molecule has 1 saturated heterocycles. The number of rotatable bonds is 8. The summed E-state index contributed by atoms with van der Waals surface area (Å²) in [5, 5.41) is 1.16. The molecule has 1 aliphatic heterocycles. The van der Waals surface area contributed by atoms with Crippen molar-refractivity contribution in [1.29, 1.82) is 0 Å². The molecule has 2 aromatic heterocycles. The Morgan fingerprint density at radius 3 is 2.87 bits per heavy atom. The van der Waals surface area contributed by atoms with Gasteiger partial charge in [0.25, 0.3) is 0 Å². The minimum atomic E-state index is -0.591. The number of fused-ring (bicyclic) bond motifs is 1. The third kappa shape index (κ3) is 4.92. The maximum absolute atomic E-state index is 13.4. The normalized spacial score (nSPS) is 16.6. The minimum Gasteiger partial charge on any atom is -0.385 e. The lowest BCUT2D eigenvalue weighted by atomic mass is 10.1. The van der Waals surface area contributed by atoms with Gasteiger partial charge < -0.3 is 19.5 Å². The fraction of sp³-hybridized carbons (Fsp3) is 0.381. The molecule has 0 saturated carbocycles. The van der Waals surface area contributed by atoms with Gasteiger partial charge in [-0.15, -0.1) is 0 Å². The zero-order chi connectivity index (χ0) is 22.0. The highest BCUT2D eigenvalue weighted by Gasteiger charge is 2.37. The molecule has 3 heterocycles. The Kier molecular flexibility index (Phi) is 6.60. The molecule has 31 heavy (non-hydrogen) atoms. The average Bonchev–Trinajstić information content (AvgIpc) is 3.25. The third-order valence-corrected chi connectivity index (χ3v) is 5.89. The smallest absolute Gasteiger partial charge is 0.320 e. The van der Waals surface area contributed by atoms with Crippen LogP contribution >= 0.6 is 23.2 Å². The molecule has 0 spiro atoms. The maximum atomic E-state index is 13.4. The molecule has 0 aliphatic carbocycles. The number of H-pyrrole nitrogens is 1. The van der Waals surface area contributed by atoms with E-state index in [-0.39, 0.29) is 18.6 Å². The summed E-state index contributed by atoms with van der Waals surface area (Å²) in [5.74, 6) is -0.0320. The number of amides is 2. The van der Waals surface area contributed by atoms with Crippen molar-refractivity contribution < 1.29 is 13.9 Å². The average molecular weight is 466 g/mol. The van der Waals surface area contributed by atoms with Gasteiger partial charge >= 0.3 is 6.03 Å². The number of nitrogens with zero attached hydrogens (tertiary/aromatic N) is 4. The van der Waals surface area contributed by atoms with E-state index in [1.54, 1.807) is 30.2 Å². The first-order valence-corrected chi connectivity index (χ1v) is 10.7. The lowest BCUT2D eigenvalue weighted by Gasteiger charge is -2.23. The van der Waals surface area contributed by atoms with Gasteiger partial charge in [0, 0.05) is 36.9 Å². The number of hydrogen-bond acceptors (Lipinski definition) is 4. The number of hydrogen-bond donors (Lipinski definition) is 1. The largest absolute Gasteiger partial charge is 0.385 e. The highest BCUT2D eigenvalue weighted by molar-refractivity contribution is 6.35. The predicted molar refractivity (Wildman–Crippen MR) is 117 cm³/mol. The van der Waals surface area contributed by atoms with Crippen LogP contribution < -0.4 is 0 Å². The number of halogens is 3. The monoisotopic (exact) mass is 465 g/mol. The minimum absolute atomic E-state index is 0.0528. The number of ether oxygens (including phenoxy) is 1. The van der Waals surface area contributed by atoms with E-state index >= 15 is 0 Å². The molecule has 7 nitrogen and oxygen atoms in total. The molecule has 2 amide bonds. The molecule has 3 aromatic rings. The van der Waals surface area contributed by atoms with E-state index in [1.165, 1.54) is 6.07 Å². The van der Waals surface area contributed by atoms with E-state index in [0.29, 0.717) is 53.2 Å². The summed E-state index contributed by atoms with van der Waals surface area (Å²) < 4.78 is 18.5. The van der Waals surface area contributed by atoms with Gasteiger partial charge in [-0.2, -0.15) is 9.37 Å². The summed E-state index contributed by atoms with van der Waals surface area (Å²) in [6.45, 7) is 1.94. The second kappa shape index (κ2) is 9.38. The van der Waals surface area contributed by atoms with E-state index < -0.39 is 5.95 Å². The van der Waals surface area contributed by atoms with Gasteiger partial charge in [0.05, 0.1) is 18.1 Å². The fourth-order valence-electron chi connectivity index (χ4n) is 3.85. The number of aromatic nitrogens is 3. The Hall–Kier alpha value is -2.42. The number of carbonyl (C=O) groups excluding carboxylic acids is 1. The highest BCUT2D eigenvalue weighted by Crippen LogP contribution is 2.27. The Morgan fingerprint density at radius 1 is 1.26 bits per heavy atom. The predicted octanol–water partition coefficient (Wildman–Crippen LogP) is 4.29. The molecule has 164 valence electrons. The van der Waals surface area contributed by atoms with Crippen molar-refractivity contribution in [2.24, 2.45) is 0 Å². The summed E-state index contributed by atoms with van der Waals surface area (Å²) >= 11 is 12.4. The number of urea groups is 1. The summed E-state index contributed by atoms with van der Waals surface area (Å²) in [6.07, 6.45) is 1.34. The number of pyridine rings is 1. The number of carbonyl (C=O) groups is 1. The van der Waals surface area contributed by atoms with Crippen LogP contribution in [0.1, 0.15) is 17.8 Å². The van der Waals surface area contributed by atoms with E-state index in [4.69, 9.17) is 27.9 Å². The number of methoxy groups -OCH3 is 1. The van der Waals surface area contributed by atoms with Crippen LogP contribution in [0.5, 0.6) is 0 Å². The third-order valence-electron chi connectivity index (χ3n) is 5.31. The van der Waals surface area contributed by atoms with E-state index in [2.05, 4.69) is 15.0 Å². The van der Waals surface area contributed by atoms with Crippen LogP contribution in [-0.4, -0.2) is 63.6 Å². The van der Waals surface area contributed by atoms with Gasteiger partial charge in [0.15, 0.2) is 5.65 Å². The molecule has 1 unspecified atom stereocenters. The molecular weight excluding hydrogens is 444 g/mol. The first-order valence-electron chi connectivity index (χ1n) is 9.94. The molecule has 0 bridgehead atoms. The molecule has 1 atom stereocenters. The summed E-state index contributed by atoms with van der Waals surface area (Å²) in [4.78, 5) is 28.0. The SMILES string of the molecule is COCCCN1C(=O)N(Cc2nc3nc(F)ccc3[nH]2)CC1Cc1ccc(Cl)cc1Cl. The Balaban J connectivity index is 1.53. The van der Waals surface area contributed by atoms with Crippen LogP contribution in [0.4, 0.5) is 9.18 Å². The Bertz CT molecular complexity index is 1090. The highest BCUT2D eigenvalue weighted by atomic mass is 35.5. The van der Waals surface area contributed by atoms with Crippen molar-refractivity contribution in [3.63, 3.8) is 0 Å². The first kappa shape index (κ1) is 21.8. The van der Waals surface area contributed by atoms with Crippen molar-refractivity contribution in [3.05, 3.63) is 57.7 Å². The zero-order valence-electron chi connectivity index (χ0n) is 16.9. The maximum Gasteiger partial charge on any atom is 0.320 e. The summed E-state index contributed by atoms with van der Waals surface area (Å²) in [6, 6.07) is 8.13. The van der Waals surface area contributed by atoms with Crippen molar-refractivity contribution in [2.45, 2.75) is 25.4 Å². The van der Waals surface area contributed by atoms with Crippen molar-refractivity contribution in [3.8, 4) is 0 Å². The molecule has 1 aromatic carbocycles. The van der Waals surface area contributed by atoms with Gasteiger partial charge in [0.1, 0.15) is 5.82 Å². The lowest BCUT2D eigenvalue weighted by molar-refractivity contribution is 0.162. The number of benzene rings is 1. The van der Waals surface area contributed by atoms with Gasteiger partial charge in [-0.05, 0) is 42.7 Å². The second-order valence-electron chi connectivity index (χ2n) is 7.49. The number of aromatic amines is 1. The van der Waals surface area contributed by atoms with Crippen molar-refractivity contribution in [2.75, 3.05) is 26.8 Å². The Morgan fingerprint density at radius 2 is 2.10 bits per heavy atom. The standard InChI is InChI=1S/C21H22Cl2FN5O2/c1-31-8-2-7-29-15(9-13-3-4-14(22)10-16(13)23)11-28(21(29)30)12-19-25-17-5-6-18(24)26-20(17)27-19/h3-6,10,15H,2,7-9,11-12H2,1H3,(H,25,26,27). The van der Waals surface area contributed by atoms with Crippen LogP contribution in [0.3, 0.4) is 0 Å². The molecular formula is C21H22Cl2FN5O2. The topological polar surface area (TPSA) is 74.3 Å². The zero-order valence-corrected chi connectivity index (χ0v) is 18.5. The van der Waals surface area contributed by atoms with Gasteiger partial charge in [-0.3, -0.25) is 0 Å². The van der Waals surface area contributed by atoms with E-state index in [0.717, 1.165) is 12.0 Å². The molecule has 0 radical (unpaired) electrons. The van der Waals surface area contributed by atoms with Crippen molar-refractivity contribution >= 4 is 40.4 Å². The van der Waals surface area contributed by atoms with Gasteiger partial charge in [0.2, 0.25) is 5.95 Å². The first-order chi connectivity index (χ1) is 14.9. The summed E-state index contributed by atoms with van der Waals surface area (Å²) in [5.41, 5.74) is 1.86. The quantitative estimate of drug-likeness (QED) is 0.397. The van der Waals surface area contributed by atoms with Crippen LogP contribution in [0.2, 0.25) is 10.0 Å². The van der Waals surface area contributed by atoms with Gasteiger partial charge in [-0.25, -0.2) is 9.78 Å². The van der Waals surface area contributed by atoms with Crippen molar-refractivity contribution in [1.82, 2.24) is 24.8 Å². The number of nitrogens with one attached hydrogen (secondary N) is 1. The lowest BCUT2D eigenvalue weighted by Crippen LogP contribution is -2.37. The van der Waals surface area contributed by atoms with Crippen LogP contribution in [-0.2, 0) is 17.7 Å². The van der Waals surface area contributed by atoms with Crippen LogP contribution in [0.15, 0.2) is 30.3 Å². The van der Waals surface area contributed by atoms with Crippen LogP contribution in [0, 0.1) is 5.95 Å². The summed E-state index contributed by atoms with van der Waals surface area (Å²) in [7, 11) is 1.64. The van der Waals surface area contributed by atoms with Crippen LogP contribution in [0.25, 0.3) is 11.2 Å². The molecule has 1 aliphatic rings. The Labute approximate surface area is 189 Å². The van der Waals surface area contributed by atoms with E-state index in [9.17, 15) is 9.18 Å². The van der Waals surface area contributed by atoms with E-state index in [1.807, 2.05) is 11.0 Å². The molecule has 4 rings (SSSR count).